The molecule has 0 rings (SSSR count). The van der Waals surface area contributed by atoms with Crippen LogP contribution >= 0.6 is 0 Å². The lowest BCUT2D eigenvalue weighted by Crippen LogP contribution is -2.27. The maximum Gasteiger partial charge on any atom is 0.303 e. The lowest BCUT2D eigenvalue weighted by Gasteiger charge is -2.05. The molecule has 0 fully saturated rings. The van der Waals surface area contributed by atoms with Crippen molar-refractivity contribution in [1.82, 2.24) is 5.32 Å². The Hall–Kier alpha value is -1.52. The van der Waals surface area contributed by atoms with Crippen LogP contribution in [0.4, 0.5) is 0 Å². The van der Waals surface area contributed by atoms with E-state index in [9.17, 15) is 9.59 Å². The maximum atomic E-state index is 10.6. The zero-order valence-corrected chi connectivity index (χ0v) is 7.54. The van der Waals surface area contributed by atoms with Gasteiger partial charge in [0.25, 0.3) is 5.91 Å². The number of nitrogens with one attached hydrogen (secondary N) is 1. The number of nitrogens with two attached hydrogens (primary N) is 1. The average Bonchev–Trinajstić information content (AvgIpc) is 2.03. The largest absolute Gasteiger partial charge is 0.481 e. The highest BCUT2D eigenvalue weighted by molar-refractivity contribution is 5.91. The molecular formula is C8H14N2O3. The van der Waals surface area contributed by atoms with Gasteiger partial charge < -0.3 is 16.2 Å². The zero-order chi connectivity index (χ0) is 10.3. The summed E-state index contributed by atoms with van der Waals surface area (Å²) in [7, 11) is 0. The van der Waals surface area contributed by atoms with Gasteiger partial charge in [-0.15, -0.1) is 0 Å². The van der Waals surface area contributed by atoms with Crippen molar-refractivity contribution in [1.29, 1.82) is 0 Å². The van der Waals surface area contributed by atoms with E-state index >= 15 is 0 Å². The molecule has 0 aliphatic heterocycles. The van der Waals surface area contributed by atoms with Crippen LogP contribution in [0, 0.1) is 0 Å². The van der Waals surface area contributed by atoms with E-state index < -0.39 is 11.9 Å². The molecule has 4 N–H and O–H groups in total. The molecule has 0 bridgehead atoms. The van der Waals surface area contributed by atoms with Gasteiger partial charge in [-0.1, -0.05) is 6.08 Å². The van der Waals surface area contributed by atoms with E-state index in [2.05, 4.69) is 5.32 Å². The molecule has 0 aromatic rings. The van der Waals surface area contributed by atoms with Crippen molar-refractivity contribution in [3.8, 4) is 0 Å². The summed E-state index contributed by atoms with van der Waals surface area (Å²) in [6.07, 6.45) is 2.12. The predicted molar refractivity (Wildman–Crippen MR) is 47.8 cm³/mol. The molecule has 13 heavy (non-hydrogen) atoms. The highest BCUT2D eigenvalue weighted by Gasteiger charge is 2.02. The summed E-state index contributed by atoms with van der Waals surface area (Å²) in [4.78, 5) is 20.7. The minimum atomic E-state index is -0.845. The first-order valence-corrected chi connectivity index (χ1v) is 3.99. The van der Waals surface area contributed by atoms with Crippen LogP contribution in [0.15, 0.2) is 11.8 Å². The minimum Gasteiger partial charge on any atom is -0.481 e. The van der Waals surface area contributed by atoms with E-state index in [1.807, 2.05) is 0 Å². The van der Waals surface area contributed by atoms with Crippen molar-refractivity contribution in [3.63, 3.8) is 0 Å². The summed E-state index contributed by atoms with van der Waals surface area (Å²) in [5.41, 5.74) is 5.33. The quantitative estimate of drug-likeness (QED) is 0.396. The topological polar surface area (TPSA) is 92.4 Å². The molecule has 0 unspecified atom stereocenters. The normalized spacial score (nSPS) is 11.0. The summed E-state index contributed by atoms with van der Waals surface area (Å²) in [5, 5.41) is 11.1. The van der Waals surface area contributed by atoms with Crippen molar-refractivity contribution in [2.45, 2.75) is 19.8 Å². The Labute approximate surface area is 76.6 Å². The summed E-state index contributed by atoms with van der Waals surface area (Å²) < 4.78 is 0. The third-order valence-corrected chi connectivity index (χ3v) is 1.44. The van der Waals surface area contributed by atoms with E-state index in [-0.39, 0.29) is 6.42 Å². The molecule has 0 aliphatic rings. The van der Waals surface area contributed by atoms with Gasteiger partial charge in [0.15, 0.2) is 0 Å². The number of carbonyl (C=O) groups excluding carboxylic acids is 1. The SMILES string of the molecule is C/C=C(/NCCCC(=O)O)C(N)=O. The Kier molecular flexibility index (Phi) is 5.34. The number of aliphatic carboxylic acids is 1. The van der Waals surface area contributed by atoms with Crippen LogP contribution in [0.1, 0.15) is 19.8 Å². The third kappa shape index (κ3) is 5.72. The van der Waals surface area contributed by atoms with E-state index in [1.54, 1.807) is 13.0 Å². The maximum absolute atomic E-state index is 10.6. The number of carboxylic acid groups (broad SMARTS) is 1. The van der Waals surface area contributed by atoms with Crippen LogP contribution in [-0.4, -0.2) is 23.5 Å². The fraction of sp³-hybridized carbons (Fsp3) is 0.500. The number of carbonyl (C=O) groups is 2. The summed E-state index contributed by atoms with van der Waals surface area (Å²) in [5.74, 6) is -1.37. The first-order valence-electron chi connectivity index (χ1n) is 3.99. The van der Waals surface area contributed by atoms with Crippen LogP contribution in [0.25, 0.3) is 0 Å². The van der Waals surface area contributed by atoms with E-state index in [0.717, 1.165) is 0 Å². The standard InChI is InChI=1S/C8H14N2O3/c1-2-6(8(9)13)10-5-3-4-7(11)12/h2,10H,3-5H2,1H3,(H2,9,13)(H,11,12)/b6-2+. The van der Waals surface area contributed by atoms with Gasteiger partial charge in [-0.2, -0.15) is 0 Å². The van der Waals surface area contributed by atoms with Gasteiger partial charge in [-0.25, -0.2) is 0 Å². The zero-order valence-electron chi connectivity index (χ0n) is 7.54. The molecule has 74 valence electrons. The highest BCUT2D eigenvalue weighted by Crippen LogP contribution is 1.90. The monoisotopic (exact) mass is 186 g/mol. The Morgan fingerprint density at radius 2 is 2.15 bits per heavy atom. The van der Waals surface area contributed by atoms with Crippen molar-refractivity contribution in [3.05, 3.63) is 11.8 Å². The number of primary amides is 1. The van der Waals surface area contributed by atoms with Crippen LogP contribution in [-0.2, 0) is 9.59 Å². The van der Waals surface area contributed by atoms with E-state index in [4.69, 9.17) is 10.8 Å². The number of carboxylic acids is 1. The summed E-state index contributed by atoms with van der Waals surface area (Å²) in [6, 6.07) is 0. The molecule has 0 spiro atoms. The van der Waals surface area contributed by atoms with Crippen LogP contribution in [0.2, 0.25) is 0 Å². The summed E-state index contributed by atoms with van der Waals surface area (Å²) in [6.45, 7) is 2.12. The second-order valence-corrected chi connectivity index (χ2v) is 2.49. The van der Waals surface area contributed by atoms with E-state index in [0.29, 0.717) is 18.7 Å². The van der Waals surface area contributed by atoms with Gasteiger partial charge in [0, 0.05) is 13.0 Å². The van der Waals surface area contributed by atoms with Crippen molar-refractivity contribution in [2.75, 3.05) is 6.54 Å². The predicted octanol–water partition coefficient (Wildman–Crippen LogP) is -0.170. The lowest BCUT2D eigenvalue weighted by atomic mass is 10.3. The number of amides is 1. The smallest absolute Gasteiger partial charge is 0.303 e. The fourth-order valence-electron chi connectivity index (χ4n) is 0.794. The number of rotatable bonds is 6. The molecule has 0 radical (unpaired) electrons. The molecule has 0 atom stereocenters. The van der Waals surface area contributed by atoms with Gasteiger partial charge >= 0.3 is 5.97 Å². The Balaban J connectivity index is 3.63. The molecule has 5 nitrogen and oxygen atoms in total. The molecule has 1 amide bonds. The lowest BCUT2D eigenvalue weighted by molar-refractivity contribution is -0.137. The third-order valence-electron chi connectivity index (χ3n) is 1.44. The van der Waals surface area contributed by atoms with E-state index in [1.165, 1.54) is 0 Å². The van der Waals surface area contributed by atoms with Gasteiger partial charge in [-0.3, -0.25) is 9.59 Å². The van der Waals surface area contributed by atoms with Crippen molar-refractivity contribution < 1.29 is 14.7 Å². The van der Waals surface area contributed by atoms with Crippen molar-refractivity contribution in [2.24, 2.45) is 5.73 Å². The Morgan fingerprint density at radius 1 is 1.54 bits per heavy atom. The highest BCUT2D eigenvalue weighted by atomic mass is 16.4. The molecule has 0 saturated heterocycles. The summed E-state index contributed by atoms with van der Waals surface area (Å²) >= 11 is 0. The van der Waals surface area contributed by atoms with Gasteiger partial charge in [0.2, 0.25) is 0 Å². The second kappa shape index (κ2) is 6.05. The molecule has 0 heterocycles. The van der Waals surface area contributed by atoms with Crippen LogP contribution in [0.5, 0.6) is 0 Å². The molecule has 0 aromatic carbocycles. The minimum absolute atomic E-state index is 0.0861. The number of hydrogen-bond acceptors (Lipinski definition) is 3. The molecule has 0 aromatic heterocycles. The van der Waals surface area contributed by atoms with Gasteiger partial charge in [-0.05, 0) is 13.3 Å². The Morgan fingerprint density at radius 3 is 2.54 bits per heavy atom. The van der Waals surface area contributed by atoms with Crippen LogP contribution in [0.3, 0.4) is 0 Å². The molecule has 0 saturated carbocycles. The number of allylic oxidation sites excluding steroid dienone is 1. The van der Waals surface area contributed by atoms with Gasteiger partial charge in [0.1, 0.15) is 0 Å². The first kappa shape index (κ1) is 11.5. The average molecular weight is 186 g/mol. The molecule has 0 aliphatic carbocycles. The Bertz CT molecular complexity index is 223. The van der Waals surface area contributed by atoms with Crippen molar-refractivity contribution >= 4 is 11.9 Å². The molecular weight excluding hydrogens is 172 g/mol. The van der Waals surface area contributed by atoms with Crippen LogP contribution < -0.4 is 11.1 Å². The first-order chi connectivity index (χ1) is 6.07. The van der Waals surface area contributed by atoms with Gasteiger partial charge in [0.05, 0.1) is 5.70 Å². The molecule has 5 heteroatoms. The fourth-order valence-corrected chi connectivity index (χ4v) is 0.794. The second-order valence-electron chi connectivity index (χ2n) is 2.49. The number of hydrogen-bond donors (Lipinski definition) is 3.